The van der Waals surface area contributed by atoms with E-state index >= 15 is 0 Å². The molecule has 1 N–H and O–H groups in total. The van der Waals surface area contributed by atoms with Crippen molar-refractivity contribution in [1.82, 2.24) is 15.2 Å². The van der Waals surface area contributed by atoms with Crippen LogP contribution in [-0.4, -0.2) is 43.0 Å². The number of thiazole rings is 1. The maximum Gasteiger partial charge on any atom is 0.213 e. The Labute approximate surface area is 117 Å². The number of aromatic nitrogens is 1. The number of hydrogen-bond donors (Lipinski definition) is 1. The van der Waals surface area contributed by atoms with Crippen molar-refractivity contribution in [2.45, 2.75) is 25.7 Å². The van der Waals surface area contributed by atoms with E-state index in [4.69, 9.17) is 4.74 Å². The van der Waals surface area contributed by atoms with Gasteiger partial charge in [-0.15, -0.1) is 11.3 Å². The van der Waals surface area contributed by atoms with Crippen LogP contribution in [-0.2, 0) is 22.1 Å². The van der Waals surface area contributed by atoms with Crippen LogP contribution in [0.15, 0.2) is 0 Å². The number of hydrazine groups is 1. The molecule has 0 saturated carbocycles. The summed E-state index contributed by atoms with van der Waals surface area (Å²) in [5.74, 6) is 0. The second-order valence-corrected chi connectivity index (χ2v) is 9.06. The molecule has 3 rings (SSSR count). The third-order valence-electron chi connectivity index (χ3n) is 3.54. The highest BCUT2D eigenvalue weighted by atomic mass is 32.1. The minimum absolute atomic E-state index is 0.696. The molecule has 106 valence electrons. The van der Waals surface area contributed by atoms with Gasteiger partial charge in [-0.05, 0) is 25.7 Å². The number of fused-ring (bicyclic) bond motifs is 1. The molecule has 1 aliphatic heterocycles. The van der Waals surface area contributed by atoms with E-state index in [2.05, 4.69) is 10.2 Å². The summed E-state index contributed by atoms with van der Waals surface area (Å²) in [5, 5.41) is 5.18. The van der Waals surface area contributed by atoms with Gasteiger partial charge in [-0.25, -0.2) is 9.99 Å². The highest BCUT2D eigenvalue weighted by Gasteiger charge is 2.28. The van der Waals surface area contributed by atoms with Crippen LogP contribution in [0.4, 0.5) is 0 Å². The second-order valence-electron chi connectivity index (χ2n) is 5.20. The Balaban J connectivity index is 1.75. The Hall–Kier alpha value is -0.260. The number of morpholine rings is 1. The fraction of sp³-hybridized carbons (Fsp3) is 0.750. The third kappa shape index (κ3) is 3.09. The van der Waals surface area contributed by atoms with Crippen molar-refractivity contribution in [3.63, 3.8) is 0 Å². The molecule has 2 heterocycles. The smallest absolute Gasteiger partial charge is 0.213 e. The van der Waals surface area contributed by atoms with E-state index in [-0.39, 0.29) is 0 Å². The zero-order valence-corrected chi connectivity index (χ0v) is 12.9. The molecule has 7 heteroatoms. The number of nitrogens with one attached hydrogen (secondary N) is 1. The van der Waals surface area contributed by atoms with E-state index in [1.165, 1.54) is 23.4 Å². The van der Waals surface area contributed by atoms with Gasteiger partial charge in [0, 0.05) is 24.6 Å². The minimum atomic E-state index is -2.59. The van der Waals surface area contributed by atoms with Gasteiger partial charge in [0.15, 0.2) is 4.75 Å². The van der Waals surface area contributed by atoms with Crippen molar-refractivity contribution in [2.75, 3.05) is 33.0 Å². The highest BCUT2D eigenvalue weighted by Crippen LogP contribution is 2.39. The third-order valence-corrected chi connectivity index (χ3v) is 7.32. The molecule has 5 nitrogen and oxygen atoms in total. The Morgan fingerprint density at radius 3 is 2.79 bits per heavy atom. The summed E-state index contributed by atoms with van der Waals surface area (Å²) in [5.41, 5.74) is 1.18. The van der Waals surface area contributed by atoms with E-state index in [0.717, 1.165) is 30.7 Å². The number of hydrogen-bond acceptors (Lipinski definition) is 5. The van der Waals surface area contributed by atoms with Crippen molar-refractivity contribution in [3.05, 3.63) is 10.6 Å². The van der Waals surface area contributed by atoms with Crippen molar-refractivity contribution in [3.8, 4) is 0 Å². The normalized spacial score (nSPS) is 23.8. The van der Waals surface area contributed by atoms with Gasteiger partial charge in [0.1, 0.15) is 0 Å². The van der Waals surface area contributed by atoms with E-state index in [1.54, 1.807) is 18.0 Å². The first-order valence-corrected chi connectivity index (χ1v) is 9.79. The maximum atomic E-state index is 12.9. The van der Waals surface area contributed by atoms with E-state index < -0.39 is 7.29 Å². The van der Waals surface area contributed by atoms with Gasteiger partial charge < -0.3 is 4.74 Å². The van der Waals surface area contributed by atoms with Crippen LogP contribution < -0.4 is 9.95 Å². The Morgan fingerprint density at radius 1 is 1.32 bits per heavy atom. The van der Waals surface area contributed by atoms with Gasteiger partial charge >= 0.3 is 0 Å². The summed E-state index contributed by atoms with van der Waals surface area (Å²) in [6, 6.07) is 0. The first-order chi connectivity index (χ1) is 9.15. The van der Waals surface area contributed by atoms with Crippen LogP contribution in [0.1, 0.15) is 23.4 Å². The summed E-state index contributed by atoms with van der Waals surface area (Å²) in [7, 11) is -2.59. The molecule has 1 aromatic rings. The van der Waals surface area contributed by atoms with E-state index in [9.17, 15) is 4.57 Å². The molecule has 19 heavy (non-hydrogen) atoms. The van der Waals surface area contributed by atoms with Crippen molar-refractivity contribution < 1.29 is 9.30 Å². The highest BCUT2D eigenvalue weighted by molar-refractivity contribution is 7.74. The van der Waals surface area contributed by atoms with Crippen LogP contribution in [0.25, 0.3) is 0 Å². The molecule has 1 fully saturated rings. The molecule has 0 aromatic carbocycles. The van der Waals surface area contributed by atoms with Crippen molar-refractivity contribution in [1.29, 1.82) is 0 Å². The molecule has 0 radical (unpaired) electrons. The largest absolute Gasteiger partial charge is 0.379 e. The van der Waals surface area contributed by atoms with Gasteiger partial charge in [0.2, 0.25) is 7.29 Å². The average Bonchev–Trinajstić information content (AvgIpc) is 2.84. The summed E-state index contributed by atoms with van der Waals surface area (Å²) in [6.07, 6.45) is 4.59. The first-order valence-electron chi connectivity index (χ1n) is 6.82. The van der Waals surface area contributed by atoms with Crippen LogP contribution >= 0.6 is 18.6 Å². The van der Waals surface area contributed by atoms with Crippen molar-refractivity contribution in [2.24, 2.45) is 0 Å². The second kappa shape index (κ2) is 5.62. The Kier molecular flexibility index (Phi) is 4.06. The minimum Gasteiger partial charge on any atom is -0.379 e. The summed E-state index contributed by atoms with van der Waals surface area (Å²) >= 11 is 1.64. The van der Waals surface area contributed by atoms with Gasteiger partial charge in [0.05, 0.1) is 18.9 Å². The lowest BCUT2D eigenvalue weighted by molar-refractivity contribution is 0.0271. The molecule has 0 bridgehead atoms. The SMILES string of the molecule is C[P@](=O)(NN1CCOCC1)c1nc2c(s1)CCCC2. The summed E-state index contributed by atoms with van der Waals surface area (Å²) < 4.78 is 18.9. The number of aryl methyl sites for hydroxylation is 2. The maximum absolute atomic E-state index is 12.9. The zero-order valence-electron chi connectivity index (χ0n) is 11.2. The lowest BCUT2D eigenvalue weighted by atomic mass is 10.0. The van der Waals surface area contributed by atoms with Gasteiger partial charge in [-0.1, -0.05) is 0 Å². The van der Waals surface area contributed by atoms with Crippen LogP contribution in [0.3, 0.4) is 0 Å². The predicted molar refractivity (Wildman–Crippen MR) is 77.4 cm³/mol. The molecular formula is C12H20N3O2PS. The van der Waals surface area contributed by atoms with Gasteiger partial charge in [-0.2, -0.15) is 5.20 Å². The van der Waals surface area contributed by atoms with Gasteiger partial charge in [0.25, 0.3) is 0 Å². The summed E-state index contributed by atoms with van der Waals surface area (Å²) in [4.78, 5) is 5.96. The topological polar surface area (TPSA) is 54.5 Å². The monoisotopic (exact) mass is 301 g/mol. The van der Waals surface area contributed by atoms with Crippen LogP contribution in [0.2, 0.25) is 0 Å². The number of ether oxygens (including phenoxy) is 1. The lowest BCUT2D eigenvalue weighted by Gasteiger charge is -2.29. The fourth-order valence-corrected chi connectivity index (χ4v) is 5.67. The molecule has 2 aliphatic rings. The number of rotatable bonds is 3. The molecule has 0 spiro atoms. The molecule has 1 atom stereocenters. The summed E-state index contributed by atoms with van der Waals surface area (Å²) in [6.45, 7) is 4.74. The molecule has 1 saturated heterocycles. The van der Waals surface area contributed by atoms with Gasteiger partial charge in [-0.3, -0.25) is 4.57 Å². The van der Waals surface area contributed by atoms with E-state index in [1.807, 2.05) is 5.01 Å². The van der Waals surface area contributed by atoms with Crippen LogP contribution in [0.5, 0.6) is 0 Å². The molecule has 1 aromatic heterocycles. The molecule has 0 unspecified atom stereocenters. The molecular weight excluding hydrogens is 281 g/mol. The van der Waals surface area contributed by atoms with Crippen molar-refractivity contribution >= 4 is 23.4 Å². The quantitative estimate of drug-likeness (QED) is 0.855. The van der Waals surface area contributed by atoms with Crippen LogP contribution in [0, 0.1) is 0 Å². The fourth-order valence-electron chi connectivity index (χ4n) is 2.50. The zero-order chi connectivity index (χ0) is 13.3. The average molecular weight is 301 g/mol. The Morgan fingerprint density at radius 2 is 2.05 bits per heavy atom. The van der Waals surface area contributed by atoms with E-state index in [0.29, 0.717) is 13.2 Å². The molecule has 1 aliphatic carbocycles. The predicted octanol–water partition coefficient (Wildman–Crippen LogP) is 1.39. The Bertz CT molecular complexity index is 476. The standard InChI is InChI=1S/C12H20N3O2PS/c1-18(16,14-15-6-8-17-9-7-15)12-13-10-4-2-3-5-11(10)19-12/h2-9H2,1H3,(H,14,16)/t18-/m1/s1. The lowest BCUT2D eigenvalue weighted by Crippen LogP contribution is -2.45. The molecule has 0 amide bonds. The number of nitrogens with zero attached hydrogens (tertiary/aromatic N) is 2. The first kappa shape index (κ1) is 13.7.